The molecule has 0 heterocycles. The highest BCUT2D eigenvalue weighted by molar-refractivity contribution is 5.73. The molecule has 0 aliphatic carbocycles. The van der Waals surface area contributed by atoms with Gasteiger partial charge in [0.2, 0.25) is 0 Å². The van der Waals surface area contributed by atoms with Gasteiger partial charge in [-0.3, -0.25) is 0 Å². The lowest BCUT2D eigenvalue weighted by Gasteiger charge is -2.13. The number of hydrogen-bond donors (Lipinski definition) is 3. The van der Waals surface area contributed by atoms with Gasteiger partial charge in [0.1, 0.15) is 11.6 Å². The van der Waals surface area contributed by atoms with E-state index >= 15 is 0 Å². The number of amides is 2. The molecular formula is C17H18F2N2O2. The Bertz CT molecular complexity index is 692. The van der Waals surface area contributed by atoms with Crippen molar-refractivity contribution >= 4 is 6.03 Å². The molecule has 0 aliphatic rings. The quantitative estimate of drug-likeness (QED) is 0.793. The summed E-state index contributed by atoms with van der Waals surface area (Å²) in [5, 5.41) is 14.9. The highest BCUT2D eigenvalue weighted by Gasteiger charge is 2.13. The first-order valence-electron chi connectivity index (χ1n) is 7.16. The Morgan fingerprint density at radius 2 is 1.87 bits per heavy atom. The maximum Gasteiger partial charge on any atom is 0.315 e. The largest absolute Gasteiger partial charge is 0.386 e. The van der Waals surface area contributed by atoms with Crippen molar-refractivity contribution in [3.8, 4) is 0 Å². The number of rotatable bonds is 5. The topological polar surface area (TPSA) is 61.4 Å². The molecule has 0 aromatic heterocycles. The molecule has 122 valence electrons. The van der Waals surface area contributed by atoms with Crippen molar-refractivity contribution in [1.82, 2.24) is 10.6 Å². The van der Waals surface area contributed by atoms with Crippen LogP contribution in [0.2, 0.25) is 0 Å². The number of hydrogen-bond acceptors (Lipinski definition) is 2. The minimum absolute atomic E-state index is 0.119. The van der Waals surface area contributed by atoms with Gasteiger partial charge in [-0.25, -0.2) is 13.6 Å². The van der Waals surface area contributed by atoms with Crippen LogP contribution < -0.4 is 10.6 Å². The van der Waals surface area contributed by atoms with E-state index in [-0.39, 0.29) is 24.5 Å². The van der Waals surface area contributed by atoms with Crippen LogP contribution >= 0.6 is 0 Å². The molecule has 6 heteroatoms. The average molecular weight is 320 g/mol. The van der Waals surface area contributed by atoms with Crippen molar-refractivity contribution < 1.29 is 18.7 Å². The Labute approximate surface area is 133 Å². The summed E-state index contributed by atoms with van der Waals surface area (Å²) in [6, 6.07) is 9.99. The molecule has 2 rings (SSSR count). The summed E-state index contributed by atoms with van der Waals surface area (Å²) in [6.07, 6.45) is -1.14. The molecule has 2 aromatic rings. The summed E-state index contributed by atoms with van der Waals surface area (Å²) < 4.78 is 26.9. The molecule has 2 amide bonds. The van der Waals surface area contributed by atoms with Crippen LogP contribution in [0, 0.1) is 18.6 Å². The average Bonchev–Trinajstić information content (AvgIpc) is 2.54. The molecule has 4 nitrogen and oxygen atoms in total. The van der Waals surface area contributed by atoms with Crippen molar-refractivity contribution in [1.29, 1.82) is 0 Å². The molecule has 1 unspecified atom stereocenters. The number of nitrogens with one attached hydrogen (secondary N) is 2. The number of aliphatic hydroxyl groups excluding tert-OH is 1. The van der Waals surface area contributed by atoms with Gasteiger partial charge < -0.3 is 15.7 Å². The Hall–Kier alpha value is -2.47. The predicted octanol–water partition coefficient (Wildman–Crippen LogP) is 2.81. The number of carbonyl (C=O) groups is 1. The van der Waals surface area contributed by atoms with Gasteiger partial charge in [-0.15, -0.1) is 0 Å². The van der Waals surface area contributed by atoms with Crippen molar-refractivity contribution in [3.63, 3.8) is 0 Å². The fourth-order valence-electron chi connectivity index (χ4n) is 2.04. The van der Waals surface area contributed by atoms with Gasteiger partial charge in [-0.05, 0) is 30.2 Å². The van der Waals surface area contributed by atoms with Crippen molar-refractivity contribution in [3.05, 3.63) is 70.8 Å². The Morgan fingerprint density at radius 1 is 1.13 bits per heavy atom. The van der Waals surface area contributed by atoms with Gasteiger partial charge in [-0.2, -0.15) is 0 Å². The van der Waals surface area contributed by atoms with Crippen LogP contribution in [0.4, 0.5) is 13.6 Å². The first-order valence-corrected chi connectivity index (χ1v) is 7.16. The zero-order valence-electron chi connectivity index (χ0n) is 12.6. The molecule has 0 saturated carbocycles. The van der Waals surface area contributed by atoms with Crippen LogP contribution in [-0.4, -0.2) is 17.7 Å². The number of benzene rings is 2. The van der Waals surface area contributed by atoms with Gasteiger partial charge in [-0.1, -0.05) is 30.3 Å². The molecule has 3 N–H and O–H groups in total. The van der Waals surface area contributed by atoms with E-state index in [2.05, 4.69) is 10.6 Å². The second kappa shape index (κ2) is 7.69. The number of aryl methyl sites for hydroxylation is 1. The molecule has 0 bridgehead atoms. The summed E-state index contributed by atoms with van der Waals surface area (Å²) in [6.45, 7) is 1.68. The fraction of sp³-hybridized carbons (Fsp3) is 0.235. The van der Waals surface area contributed by atoms with Crippen LogP contribution in [0.1, 0.15) is 22.8 Å². The lowest BCUT2D eigenvalue weighted by molar-refractivity contribution is 0.169. The van der Waals surface area contributed by atoms with Gasteiger partial charge >= 0.3 is 6.03 Å². The monoisotopic (exact) mass is 320 g/mol. The van der Waals surface area contributed by atoms with Crippen LogP contribution in [0.5, 0.6) is 0 Å². The zero-order chi connectivity index (χ0) is 16.8. The summed E-state index contributed by atoms with van der Waals surface area (Å²) in [5.41, 5.74) is 1.28. The standard InChI is InChI=1S/C17H18F2N2O2/c1-11-6-7-12(8-15(11)19)9-20-17(23)21-10-16(22)13-4-2-3-5-14(13)18/h2-8,16,22H,9-10H2,1H3,(H2,20,21,23). The van der Waals surface area contributed by atoms with Crippen molar-refractivity contribution in [2.24, 2.45) is 0 Å². The van der Waals surface area contributed by atoms with E-state index in [1.807, 2.05) is 0 Å². The van der Waals surface area contributed by atoms with Gasteiger partial charge in [0.15, 0.2) is 0 Å². The van der Waals surface area contributed by atoms with Crippen LogP contribution in [-0.2, 0) is 6.54 Å². The van der Waals surface area contributed by atoms with E-state index < -0.39 is 18.0 Å². The second-order valence-corrected chi connectivity index (χ2v) is 5.18. The Balaban J connectivity index is 1.81. The van der Waals surface area contributed by atoms with E-state index in [0.29, 0.717) is 11.1 Å². The summed E-state index contributed by atoms with van der Waals surface area (Å²) in [5.74, 6) is -0.864. The first-order chi connectivity index (χ1) is 11.0. The Kier molecular flexibility index (Phi) is 5.65. The maximum absolute atomic E-state index is 13.5. The van der Waals surface area contributed by atoms with Crippen molar-refractivity contribution in [2.45, 2.75) is 19.6 Å². The van der Waals surface area contributed by atoms with Gasteiger partial charge in [0.25, 0.3) is 0 Å². The summed E-state index contributed by atoms with van der Waals surface area (Å²) in [7, 11) is 0. The van der Waals surface area contributed by atoms with Crippen LogP contribution in [0.25, 0.3) is 0 Å². The van der Waals surface area contributed by atoms with Crippen molar-refractivity contribution in [2.75, 3.05) is 6.54 Å². The van der Waals surface area contributed by atoms with Crippen LogP contribution in [0.15, 0.2) is 42.5 Å². The SMILES string of the molecule is Cc1ccc(CNC(=O)NCC(O)c2ccccc2F)cc1F. The van der Waals surface area contributed by atoms with E-state index in [1.165, 1.54) is 24.3 Å². The number of carbonyl (C=O) groups excluding carboxylic acids is 1. The van der Waals surface area contributed by atoms with E-state index in [9.17, 15) is 18.7 Å². The molecular weight excluding hydrogens is 302 g/mol. The number of halogens is 2. The van der Waals surface area contributed by atoms with Gasteiger partial charge in [0.05, 0.1) is 6.10 Å². The predicted molar refractivity (Wildman–Crippen MR) is 82.7 cm³/mol. The Morgan fingerprint density at radius 3 is 2.57 bits per heavy atom. The first kappa shape index (κ1) is 16.9. The number of urea groups is 1. The van der Waals surface area contributed by atoms with E-state index in [0.717, 1.165) is 0 Å². The third-order valence-electron chi connectivity index (χ3n) is 3.41. The molecule has 2 aromatic carbocycles. The van der Waals surface area contributed by atoms with E-state index in [1.54, 1.807) is 25.1 Å². The highest BCUT2D eigenvalue weighted by Crippen LogP contribution is 2.15. The zero-order valence-corrected chi connectivity index (χ0v) is 12.6. The van der Waals surface area contributed by atoms with Crippen LogP contribution in [0.3, 0.4) is 0 Å². The lowest BCUT2D eigenvalue weighted by Crippen LogP contribution is -2.37. The molecule has 0 fully saturated rings. The smallest absolute Gasteiger partial charge is 0.315 e. The minimum Gasteiger partial charge on any atom is -0.386 e. The second-order valence-electron chi connectivity index (χ2n) is 5.18. The summed E-state index contributed by atoms with van der Waals surface area (Å²) in [4.78, 5) is 11.7. The third kappa shape index (κ3) is 4.75. The molecule has 23 heavy (non-hydrogen) atoms. The molecule has 0 spiro atoms. The fourth-order valence-corrected chi connectivity index (χ4v) is 2.04. The summed E-state index contributed by atoms with van der Waals surface area (Å²) >= 11 is 0. The molecule has 1 atom stereocenters. The minimum atomic E-state index is -1.14. The normalized spacial score (nSPS) is 11.8. The lowest BCUT2D eigenvalue weighted by atomic mass is 10.1. The molecule has 0 saturated heterocycles. The van der Waals surface area contributed by atoms with E-state index in [4.69, 9.17) is 0 Å². The third-order valence-corrected chi connectivity index (χ3v) is 3.41. The maximum atomic E-state index is 13.5. The highest BCUT2D eigenvalue weighted by atomic mass is 19.1. The molecule has 0 aliphatic heterocycles. The molecule has 0 radical (unpaired) electrons. The number of aliphatic hydroxyl groups is 1. The van der Waals surface area contributed by atoms with Gasteiger partial charge in [0, 0.05) is 18.7 Å².